The number of ether oxygens (including phenoxy) is 2. The Labute approximate surface area is 180 Å². The first-order valence-electron chi connectivity index (χ1n) is 9.77. The maximum absolute atomic E-state index is 15.2. The van der Waals surface area contributed by atoms with E-state index in [1.165, 1.54) is 0 Å². The Morgan fingerprint density at radius 2 is 1.77 bits per heavy atom. The summed E-state index contributed by atoms with van der Waals surface area (Å²) < 4.78 is 40.4. The van der Waals surface area contributed by atoms with Gasteiger partial charge in [-0.05, 0) is 46.2 Å². The average Bonchev–Trinajstić information content (AvgIpc) is 3.10. The lowest BCUT2D eigenvalue weighted by atomic mass is 10.00. The number of halogens is 2. The minimum atomic E-state index is -1.72. The second-order valence-electron chi connectivity index (χ2n) is 8.21. The number of ketones is 1. The van der Waals surface area contributed by atoms with Crippen LogP contribution in [0.2, 0.25) is 0 Å². The molecule has 0 saturated carbocycles. The van der Waals surface area contributed by atoms with Crippen molar-refractivity contribution in [2.45, 2.75) is 31.4 Å². The first-order chi connectivity index (χ1) is 14.4. The molecule has 0 bridgehead atoms. The summed E-state index contributed by atoms with van der Waals surface area (Å²) in [5, 5.41) is 2.39. The van der Waals surface area contributed by atoms with Crippen molar-refractivity contribution in [1.29, 1.82) is 0 Å². The molecule has 10 heteroatoms. The first-order valence-corrected chi connectivity index (χ1v) is 9.77. The number of nitrogens with one attached hydrogen (secondary N) is 1. The number of carbonyl (C=O) groups is 3. The van der Waals surface area contributed by atoms with Crippen molar-refractivity contribution in [3.05, 3.63) is 28.8 Å². The van der Waals surface area contributed by atoms with Crippen molar-refractivity contribution in [1.82, 2.24) is 9.80 Å². The van der Waals surface area contributed by atoms with Gasteiger partial charge in [0.1, 0.15) is 12.4 Å². The molecule has 1 N–H and O–H groups in total. The number of anilines is 1. The van der Waals surface area contributed by atoms with Crippen LogP contribution in [0, 0.1) is 11.6 Å². The molecule has 0 heterocycles. The lowest BCUT2D eigenvalue weighted by Gasteiger charge is -2.26. The number of Topliss-reactive ketones (excluding diaryl/α,β-unsaturated/α-hetero) is 1. The van der Waals surface area contributed by atoms with Crippen LogP contribution in [0.1, 0.15) is 18.1 Å². The van der Waals surface area contributed by atoms with Crippen LogP contribution in [0.15, 0.2) is 6.07 Å². The molecule has 0 saturated heterocycles. The molecule has 1 aliphatic carbocycles. The number of amides is 1. The van der Waals surface area contributed by atoms with Crippen molar-refractivity contribution in [3.63, 3.8) is 0 Å². The molecular weight excluding hydrogens is 412 g/mol. The number of nitrogens with zero attached hydrogens (tertiary/aromatic N) is 2. The molecule has 1 amide bonds. The van der Waals surface area contributed by atoms with Crippen molar-refractivity contribution in [3.8, 4) is 0 Å². The molecule has 1 aliphatic rings. The number of hydrogen-bond acceptors (Lipinski definition) is 7. The molecule has 31 heavy (non-hydrogen) atoms. The first kappa shape index (κ1) is 24.8. The average molecular weight is 441 g/mol. The van der Waals surface area contributed by atoms with E-state index in [1.807, 2.05) is 0 Å². The maximum atomic E-state index is 15.2. The zero-order chi connectivity index (χ0) is 23.5. The number of rotatable bonds is 9. The highest BCUT2D eigenvalue weighted by Crippen LogP contribution is 2.39. The standard InChI is InChI=1S/C21H29F2N3O5/c1-12(26(4)5)19(28)24-17-7-16(22)14-8-21(20(29)30-6,9-15(14)18(17)23)31-11-13(27)10-25(2)3/h7,12H,8-11H2,1-6H3,(H,24,28)/t12-,21?/m1/s1. The van der Waals surface area contributed by atoms with Gasteiger partial charge in [0.15, 0.2) is 17.2 Å². The van der Waals surface area contributed by atoms with Gasteiger partial charge >= 0.3 is 5.97 Å². The van der Waals surface area contributed by atoms with Crippen LogP contribution in [-0.4, -0.2) is 87.6 Å². The normalized spacial score (nSPS) is 18.8. The van der Waals surface area contributed by atoms with Crippen LogP contribution < -0.4 is 5.32 Å². The summed E-state index contributed by atoms with van der Waals surface area (Å²) in [7, 11) is 7.92. The molecule has 0 spiro atoms. The van der Waals surface area contributed by atoms with E-state index in [2.05, 4.69) is 5.32 Å². The molecule has 2 atom stereocenters. The van der Waals surface area contributed by atoms with Gasteiger partial charge in [-0.15, -0.1) is 0 Å². The molecule has 1 unspecified atom stereocenters. The Morgan fingerprint density at radius 1 is 1.16 bits per heavy atom. The summed E-state index contributed by atoms with van der Waals surface area (Å²) in [4.78, 5) is 40.1. The number of hydrogen-bond donors (Lipinski definition) is 1. The van der Waals surface area contributed by atoms with E-state index in [1.54, 1.807) is 44.9 Å². The zero-order valence-corrected chi connectivity index (χ0v) is 18.7. The Balaban J connectivity index is 2.33. The number of carbonyl (C=O) groups excluding carboxylic acids is 3. The van der Waals surface area contributed by atoms with Gasteiger partial charge in [0.2, 0.25) is 5.91 Å². The van der Waals surface area contributed by atoms with Crippen LogP contribution in [0.3, 0.4) is 0 Å². The van der Waals surface area contributed by atoms with E-state index in [0.717, 1.165) is 13.2 Å². The largest absolute Gasteiger partial charge is 0.467 e. The Hall–Kier alpha value is -2.43. The van der Waals surface area contributed by atoms with Gasteiger partial charge in [-0.2, -0.15) is 0 Å². The van der Waals surface area contributed by atoms with Crippen LogP contribution in [0.25, 0.3) is 0 Å². The summed E-state index contributed by atoms with van der Waals surface area (Å²) in [6.45, 7) is 1.30. The topological polar surface area (TPSA) is 88.2 Å². The smallest absolute Gasteiger partial charge is 0.338 e. The minimum Gasteiger partial charge on any atom is -0.467 e. The van der Waals surface area contributed by atoms with Crippen molar-refractivity contribution in [2.24, 2.45) is 0 Å². The fourth-order valence-electron chi connectivity index (χ4n) is 3.40. The van der Waals surface area contributed by atoms with Gasteiger partial charge in [0.05, 0.1) is 25.4 Å². The lowest BCUT2D eigenvalue weighted by molar-refractivity contribution is -0.170. The lowest BCUT2D eigenvalue weighted by Crippen LogP contribution is -2.45. The highest BCUT2D eigenvalue weighted by Gasteiger charge is 2.49. The molecule has 0 radical (unpaired) electrons. The number of esters is 1. The van der Waals surface area contributed by atoms with Gasteiger partial charge in [-0.25, -0.2) is 13.6 Å². The predicted molar refractivity (Wildman–Crippen MR) is 110 cm³/mol. The van der Waals surface area contributed by atoms with Crippen LogP contribution >= 0.6 is 0 Å². The molecular formula is C21H29F2N3O5. The van der Waals surface area contributed by atoms with E-state index in [4.69, 9.17) is 9.47 Å². The van der Waals surface area contributed by atoms with Crippen molar-refractivity contribution < 1.29 is 32.6 Å². The fraction of sp³-hybridized carbons (Fsp3) is 0.571. The highest BCUT2D eigenvalue weighted by molar-refractivity contribution is 5.95. The summed E-state index contributed by atoms with van der Waals surface area (Å²) in [5.74, 6) is -3.25. The quantitative estimate of drug-likeness (QED) is 0.573. The van der Waals surface area contributed by atoms with E-state index in [9.17, 15) is 18.8 Å². The maximum Gasteiger partial charge on any atom is 0.338 e. The Morgan fingerprint density at radius 3 is 2.32 bits per heavy atom. The number of likely N-dealkylation sites (N-methyl/N-ethyl adjacent to an activating group) is 2. The molecule has 172 valence electrons. The number of methoxy groups -OCH3 is 1. The van der Waals surface area contributed by atoms with E-state index in [-0.39, 0.29) is 42.0 Å². The third-order valence-electron chi connectivity index (χ3n) is 5.32. The van der Waals surface area contributed by atoms with Crippen LogP contribution in [-0.2, 0) is 36.7 Å². The summed E-state index contributed by atoms with van der Waals surface area (Å²) >= 11 is 0. The van der Waals surface area contributed by atoms with Crippen LogP contribution in [0.4, 0.5) is 14.5 Å². The molecule has 1 aromatic carbocycles. The van der Waals surface area contributed by atoms with E-state index < -0.39 is 41.8 Å². The van der Waals surface area contributed by atoms with E-state index in [0.29, 0.717) is 0 Å². The number of benzene rings is 1. The van der Waals surface area contributed by atoms with Gasteiger partial charge in [-0.1, -0.05) is 0 Å². The summed E-state index contributed by atoms with van der Waals surface area (Å²) in [6, 6.07) is 0.315. The Kier molecular flexibility index (Phi) is 7.85. The molecule has 8 nitrogen and oxygen atoms in total. The third-order valence-corrected chi connectivity index (χ3v) is 5.32. The van der Waals surface area contributed by atoms with Crippen molar-refractivity contribution >= 4 is 23.3 Å². The number of fused-ring (bicyclic) bond motifs is 1. The minimum absolute atomic E-state index is 0.0402. The molecule has 1 aromatic rings. The monoisotopic (exact) mass is 441 g/mol. The summed E-state index contributed by atoms with van der Waals surface area (Å²) in [6.07, 6.45) is -0.602. The molecule has 0 fully saturated rings. The Bertz CT molecular complexity index is 875. The van der Waals surface area contributed by atoms with Crippen molar-refractivity contribution in [2.75, 3.05) is 53.8 Å². The van der Waals surface area contributed by atoms with Crippen LogP contribution in [0.5, 0.6) is 0 Å². The fourth-order valence-corrected chi connectivity index (χ4v) is 3.40. The highest BCUT2D eigenvalue weighted by atomic mass is 19.1. The SMILES string of the molecule is COC(=O)C1(OCC(=O)CN(C)C)Cc2c(F)cc(NC(=O)[C@@H](C)N(C)C)c(F)c2C1. The molecule has 0 aromatic heterocycles. The van der Waals surface area contributed by atoms with E-state index >= 15 is 4.39 Å². The zero-order valence-electron chi connectivity index (χ0n) is 18.7. The third kappa shape index (κ3) is 5.44. The summed E-state index contributed by atoms with van der Waals surface area (Å²) in [5.41, 5.74) is -2.17. The second-order valence-corrected chi connectivity index (χ2v) is 8.21. The predicted octanol–water partition coefficient (Wildman–Crippen LogP) is 1.01. The molecule has 2 rings (SSSR count). The molecule has 0 aliphatic heterocycles. The van der Waals surface area contributed by atoms with Gasteiger partial charge in [-0.3, -0.25) is 14.5 Å². The van der Waals surface area contributed by atoms with Gasteiger partial charge in [0.25, 0.3) is 0 Å². The van der Waals surface area contributed by atoms with Gasteiger partial charge in [0, 0.05) is 18.9 Å². The second kappa shape index (κ2) is 9.80. The van der Waals surface area contributed by atoms with Gasteiger partial charge < -0.3 is 19.7 Å².